The van der Waals surface area contributed by atoms with Crippen LogP contribution < -0.4 is 5.43 Å². The van der Waals surface area contributed by atoms with E-state index in [9.17, 15) is 9.90 Å². The molecule has 0 fully saturated rings. The number of aromatic hydroxyl groups is 1. The van der Waals surface area contributed by atoms with Crippen LogP contribution in [-0.4, -0.2) is 14.5 Å². The topological polar surface area (TPSA) is 54.6 Å². The summed E-state index contributed by atoms with van der Waals surface area (Å²) < 4.78 is 3.02. The zero-order valence-corrected chi connectivity index (χ0v) is 15.2. The number of phenolic OH excluding ortho intramolecular Hbond substituents is 1. The zero-order chi connectivity index (χ0) is 17.8. The van der Waals surface area contributed by atoms with Crippen LogP contribution in [-0.2, 0) is 6.42 Å². The van der Waals surface area contributed by atoms with Crippen molar-refractivity contribution in [2.24, 2.45) is 0 Å². The first-order chi connectivity index (χ1) is 12.6. The van der Waals surface area contributed by atoms with Crippen LogP contribution in [0.5, 0.6) is 5.75 Å². The highest BCUT2D eigenvalue weighted by Crippen LogP contribution is 2.35. The maximum absolute atomic E-state index is 13.1. The summed E-state index contributed by atoms with van der Waals surface area (Å²) in [6, 6.07) is 13.1. The van der Waals surface area contributed by atoms with Crippen LogP contribution in [0, 0.1) is 0 Å². The monoisotopic (exact) mass is 404 g/mol. The van der Waals surface area contributed by atoms with Gasteiger partial charge in [-0.3, -0.25) is 9.78 Å². The summed E-state index contributed by atoms with van der Waals surface area (Å²) in [7, 11) is 0. The molecule has 26 heavy (non-hydrogen) atoms. The number of fused-ring (bicyclic) bond motifs is 3. The summed E-state index contributed by atoms with van der Waals surface area (Å²) in [5.41, 5.74) is 3.44. The molecule has 2 aromatic carbocycles. The Morgan fingerprint density at radius 3 is 2.73 bits per heavy atom. The fourth-order valence-corrected chi connectivity index (χ4v) is 4.03. The number of benzene rings is 2. The molecule has 0 aliphatic heterocycles. The lowest BCUT2D eigenvalue weighted by Gasteiger charge is -2.07. The average molecular weight is 405 g/mol. The van der Waals surface area contributed by atoms with Crippen molar-refractivity contribution in [1.29, 1.82) is 0 Å². The number of pyridine rings is 2. The number of phenols is 1. The van der Waals surface area contributed by atoms with Crippen molar-refractivity contribution in [2.45, 2.75) is 6.42 Å². The molecule has 126 valence electrons. The molecule has 5 heteroatoms. The lowest BCUT2D eigenvalue weighted by molar-refractivity contribution is 0.477. The van der Waals surface area contributed by atoms with E-state index in [1.807, 2.05) is 36.5 Å². The van der Waals surface area contributed by atoms with E-state index in [0.29, 0.717) is 17.4 Å². The maximum Gasteiger partial charge on any atom is 0.193 e. The predicted molar refractivity (Wildman–Crippen MR) is 106 cm³/mol. The molecule has 0 saturated carbocycles. The van der Waals surface area contributed by atoms with E-state index < -0.39 is 0 Å². The van der Waals surface area contributed by atoms with Crippen LogP contribution in [0.25, 0.3) is 27.2 Å². The maximum atomic E-state index is 13.1. The first-order valence-corrected chi connectivity index (χ1v) is 9.01. The fraction of sp³-hybridized carbons (Fsp3) is 0.0476. The van der Waals surface area contributed by atoms with Gasteiger partial charge in [-0.2, -0.15) is 0 Å². The van der Waals surface area contributed by atoms with E-state index >= 15 is 0 Å². The molecule has 0 bridgehead atoms. The first kappa shape index (κ1) is 15.3. The van der Waals surface area contributed by atoms with Crippen molar-refractivity contribution in [1.82, 2.24) is 9.38 Å². The predicted octanol–water partition coefficient (Wildman–Crippen LogP) is 4.50. The lowest BCUT2D eigenvalue weighted by atomic mass is 10.0. The highest BCUT2D eigenvalue weighted by atomic mass is 79.9. The van der Waals surface area contributed by atoms with Crippen LogP contribution in [0.3, 0.4) is 0 Å². The van der Waals surface area contributed by atoms with Crippen molar-refractivity contribution >= 4 is 43.1 Å². The molecule has 0 saturated heterocycles. The molecular weight excluding hydrogens is 392 g/mol. The number of hydrogen-bond acceptors (Lipinski definition) is 3. The molecule has 1 N–H and O–H groups in total. The van der Waals surface area contributed by atoms with E-state index in [0.717, 1.165) is 31.8 Å². The van der Waals surface area contributed by atoms with Crippen molar-refractivity contribution in [3.05, 3.63) is 86.9 Å². The lowest BCUT2D eigenvalue weighted by Crippen LogP contribution is -2.12. The van der Waals surface area contributed by atoms with E-state index in [-0.39, 0.29) is 11.2 Å². The van der Waals surface area contributed by atoms with Gasteiger partial charge in [0.1, 0.15) is 5.75 Å². The number of halogens is 1. The van der Waals surface area contributed by atoms with E-state index in [4.69, 9.17) is 0 Å². The van der Waals surface area contributed by atoms with Crippen LogP contribution in [0.4, 0.5) is 0 Å². The molecule has 0 spiro atoms. The van der Waals surface area contributed by atoms with E-state index in [2.05, 4.69) is 25.3 Å². The van der Waals surface area contributed by atoms with Crippen LogP contribution in [0.2, 0.25) is 0 Å². The van der Waals surface area contributed by atoms with Gasteiger partial charge in [0.05, 0.1) is 16.4 Å². The zero-order valence-electron chi connectivity index (χ0n) is 13.6. The molecule has 3 heterocycles. The van der Waals surface area contributed by atoms with Gasteiger partial charge in [-0.05, 0) is 35.9 Å². The van der Waals surface area contributed by atoms with Gasteiger partial charge in [-0.1, -0.05) is 28.1 Å². The Bertz CT molecular complexity index is 1340. The second-order valence-corrected chi connectivity index (χ2v) is 7.36. The molecule has 0 aliphatic carbocycles. The van der Waals surface area contributed by atoms with Crippen LogP contribution in [0.15, 0.2) is 70.3 Å². The third-order valence-corrected chi connectivity index (χ3v) is 5.28. The molecule has 0 radical (unpaired) electrons. The minimum absolute atomic E-state index is 0.0517. The summed E-state index contributed by atoms with van der Waals surface area (Å²) in [4.78, 5) is 17.2. The smallest absolute Gasteiger partial charge is 0.193 e. The molecule has 0 aliphatic rings. The van der Waals surface area contributed by atoms with Gasteiger partial charge < -0.3 is 9.51 Å². The van der Waals surface area contributed by atoms with Crippen molar-refractivity contribution in [2.75, 3.05) is 0 Å². The van der Waals surface area contributed by atoms with Gasteiger partial charge in [-0.25, -0.2) is 0 Å². The van der Waals surface area contributed by atoms with Crippen molar-refractivity contribution in [3.63, 3.8) is 0 Å². The third kappa shape index (κ3) is 2.21. The Labute approximate surface area is 156 Å². The molecule has 3 aromatic heterocycles. The number of aromatic nitrogens is 2. The summed E-state index contributed by atoms with van der Waals surface area (Å²) >= 11 is 3.53. The Balaban J connectivity index is 1.92. The molecule has 4 nitrogen and oxygen atoms in total. The van der Waals surface area contributed by atoms with Crippen molar-refractivity contribution < 1.29 is 5.11 Å². The average Bonchev–Trinajstić information content (AvgIpc) is 2.93. The Morgan fingerprint density at radius 1 is 1.08 bits per heavy atom. The highest BCUT2D eigenvalue weighted by molar-refractivity contribution is 9.10. The Kier molecular flexibility index (Phi) is 3.27. The molecule has 0 atom stereocenters. The minimum Gasteiger partial charge on any atom is -0.508 e. The van der Waals surface area contributed by atoms with E-state index in [1.54, 1.807) is 24.5 Å². The standard InChI is InChI=1S/C21H13BrN2O2/c22-14-3-4-16-17-8-15(25)9-18-20(17)24(19(16)7-14)11-13(21(18)26)6-12-2-1-5-23-10-12/h1-5,7-11,25H,6H2. The first-order valence-electron chi connectivity index (χ1n) is 8.22. The van der Waals surface area contributed by atoms with Gasteiger partial charge in [0.25, 0.3) is 0 Å². The number of nitrogens with zero attached hydrogens (tertiary/aromatic N) is 2. The normalized spacial score (nSPS) is 11.7. The number of hydrogen-bond donors (Lipinski definition) is 1. The van der Waals surface area contributed by atoms with E-state index in [1.165, 1.54) is 0 Å². The van der Waals surface area contributed by atoms with Crippen LogP contribution in [0.1, 0.15) is 11.1 Å². The van der Waals surface area contributed by atoms with Gasteiger partial charge >= 0.3 is 0 Å². The van der Waals surface area contributed by atoms with Gasteiger partial charge in [0.2, 0.25) is 0 Å². The summed E-state index contributed by atoms with van der Waals surface area (Å²) in [5.74, 6) is 0.102. The summed E-state index contributed by atoms with van der Waals surface area (Å²) in [5, 5.41) is 12.6. The van der Waals surface area contributed by atoms with Crippen LogP contribution >= 0.6 is 15.9 Å². The molecule has 5 rings (SSSR count). The summed E-state index contributed by atoms with van der Waals surface area (Å²) in [6.07, 6.45) is 5.90. The SMILES string of the molecule is O=c1c(Cc2cccnc2)cn2c3cc(Br)ccc3c3cc(O)cc1c32. The molecule has 5 aromatic rings. The summed E-state index contributed by atoms with van der Waals surface area (Å²) in [6.45, 7) is 0. The minimum atomic E-state index is -0.0517. The fourth-order valence-electron chi connectivity index (χ4n) is 3.68. The highest BCUT2D eigenvalue weighted by Gasteiger charge is 2.17. The molecule has 0 amide bonds. The van der Waals surface area contributed by atoms with Gasteiger partial charge in [0.15, 0.2) is 5.43 Å². The second-order valence-electron chi connectivity index (χ2n) is 6.44. The number of rotatable bonds is 2. The largest absolute Gasteiger partial charge is 0.508 e. The Morgan fingerprint density at radius 2 is 1.92 bits per heavy atom. The van der Waals surface area contributed by atoms with Gasteiger partial charge in [-0.15, -0.1) is 0 Å². The third-order valence-electron chi connectivity index (χ3n) is 4.78. The molecule has 0 unspecified atom stereocenters. The Hall–Kier alpha value is -2.92. The van der Waals surface area contributed by atoms with Gasteiger partial charge in [0, 0.05) is 45.8 Å². The molecular formula is C21H13BrN2O2. The second kappa shape index (κ2) is 5.54. The van der Waals surface area contributed by atoms with Crippen molar-refractivity contribution in [3.8, 4) is 5.75 Å². The quantitative estimate of drug-likeness (QED) is 0.471.